The number of H-pyrrole nitrogens is 1. The van der Waals surface area contributed by atoms with E-state index in [4.69, 9.17) is 29.5 Å². The number of aromatic nitrogens is 4. The molecule has 6 nitrogen and oxygen atoms in total. The van der Waals surface area contributed by atoms with Crippen LogP contribution in [0.1, 0.15) is 18.7 Å². The molecule has 0 saturated heterocycles. The molecule has 0 amide bonds. The van der Waals surface area contributed by atoms with E-state index < -0.39 is 5.97 Å². The first-order valence-corrected chi connectivity index (χ1v) is 6.60. The maximum atomic E-state index is 10.5. The van der Waals surface area contributed by atoms with E-state index in [1.54, 1.807) is 9.13 Å². The summed E-state index contributed by atoms with van der Waals surface area (Å²) in [6, 6.07) is 0. The maximum absolute atomic E-state index is 10.5. The van der Waals surface area contributed by atoms with Crippen molar-refractivity contribution in [3.05, 3.63) is 15.2 Å². The molecule has 0 spiro atoms. The third-order valence-electron chi connectivity index (χ3n) is 2.95. The molecule has 0 aliphatic carbocycles. The second-order valence-corrected chi connectivity index (χ2v) is 5.09. The molecule has 0 aliphatic rings. The van der Waals surface area contributed by atoms with Gasteiger partial charge in [0.2, 0.25) is 0 Å². The summed E-state index contributed by atoms with van der Waals surface area (Å²) >= 11 is 10.6. The monoisotopic (exact) mass is 298 g/mol. The number of carboxylic acids is 1. The zero-order chi connectivity index (χ0) is 14.2. The van der Waals surface area contributed by atoms with Gasteiger partial charge >= 0.3 is 5.97 Å². The topological polar surface area (TPSA) is 75.8 Å². The summed E-state index contributed by atoms with van der Waals surface area (Å²) in [6.45, 7) is 0. The molecular formula is C11H14N4O2S2. The van der Waals surface area contributed by atoms with Gasteiger partial charge in [-0.3, -0.25) is 4.79 Å². The number of nitrogens with one attached hydrogen (secondary N) is 1. The highest BCUT2D eigenvalue weighted by Crippen LogP contribution is 2.14. The largest absolute Gasteiger partial charge is 0.481 e. The van der Waals surface area contributed by atoms with Crippen LogP contribution in [-0.2, 0) is 25.3 Å². The first-order valence-electron chi connectivity index (χ1n) is 5.78. The van der Waals surface area contributed by atoms with Gasteiger partial charge in [0, 0.05) is 26.9 Å². The van der Waals surface area contributed by atoms with Gasteiger partial charge in [-0.1, -0.05) is 12.2 Å². The van der Waals surface area contributed by atoms with Gasteiger partial charge in [0.15, 0.2) is 10.4 Å². The summed E-state index contributed by atoms with van der Waals surface area (Å²) < 4.78 is 4.74. The number of carbonyl (C=O) groups is 1. The molecule has 0 unspecified atom stereocenters. The second kappa shape index (κ2) is 5.22. The van der Waals surface area contributed by atoms with Crippen molar-refractivity contribution in [2.24, 2.45) is 14.1 Å². The Labute approximate surface area is 119 Å². The number of aromatic amines is 1. The average molecular weight is 298 g/mol. The minimum Gasteiger partial charge on any atom is -0.481 e. The lowest BCUT2D eigenvalue weighted by Gasteiger charge is -2.05. The van der Waals surface area contributed by atoms with Crippen molar-refractivity contribution in [2.45, 2.75) is 19.3 Å². The number of carboxylic acid groups (broad SMARTS) is 1. The molecule has 0 fully saturated rings. The van der Waals surface area contributed by atoms with Crippen LogP contribution in [0.25, 0.3) is 11.2 Å². The summed E-state index contributed by atoms with van der Waals surface area (Å²) in [4.78, 5) is 18.1. The van der Waals surface area contributed by atoms with E-state index in [1.165, 1.54) is 0 Å². The van der Waals surface area contributed by atoms with Crippen molar-refractivity contribution in [3.63, 3.8) is 0 Å². The molecule has 2 aromatic rings. The highest BCUT2D eigenvalue weighted by molar-refractivity contribution is 7.72. The van der Waals surface area contributed by atoms with E-state index >= 15 is 0 Å². The summed E-state index contributed by atoms with van der Waals surface area (Å²) in [5.74, 6) is -0.0663. The maximum Gasteiger partial charge on any atom is 0.303 e. The minimum atomic E-state index is -0.801. The molecule has 2 aromatic heterocycles. The van der Waals surface area contributed by atoms with Crippen molar-refractivity contribution in [3.8, 4) is 0 Å². The Kier molecular flexibility index (Phi) is 3.81. The lowest BCUT2D eigenvalue weighted by atomic mass is 10.2. The second-order valence-electron chi connectivity index (χ2n) is 4.34. The highest BCUT2D eigenvalue weighted by atomic mass is 32.1. The molecule has 19 heavy (non-hydrogen) atoms. The van der Waals surface area contributed by atoms with E-state index in [0.29, 0.717) is 27.9 Å². The lowest BCUT2D eigenvalue weighted by molar-refractivity contribution is -0.137. The van der Waals surface area contributed by atoms with Crippen LogP contribution in [0.2, 0.25) is 0 Å². The number of hydrogen-bond acceptors (Lipinski definition) is 4. The number of aryl methyl sites for hydroxylation is 2. The molecule has 0 radical (unpaired) electrons. The average Bonchev–Trinajstić information content (AvgIpc) is 2.77. The first kappa shape index (κ1) is 13.9. The molecule has 8 heteroatoms. The van der Waals surface area contributed by atoms with Crippen molar-refractivity contribution < 1.29 is 9.90 Å². The Morgan fingerprint density at radius 1 is 1.37 bits per heavy atom. The van der Waals surface area contributed by atoms with Gasteiger partial charge in [-0.05, 0) is 18.6 Å². The predicted molar refractivity (Wildman–Crippen MR) is 76.3 cm³/mol. The zero-order valence-electron chi connectivity index (χ0n) is 10.6. The van der Waals surface area contributed by atoms with Gasteiger partial charge in [0.1, 0.15) is 16.0 Å². The van der Waals surface area contributed by atoms with Crippen molar-refractivity contribution in [2.75, 3.05) is 0 Å². The van der Waals surface area contributed by atoms with E-state index in [0.717, 1.165) is 11.3 Å². The van der Waals surface area contributed by atoms with Gasteiger partial charge in [-0.15, -0.1) is 0 Å². The summed E-state index contributed by atoms with van der Waals surface area (Å²) in [5, 5.41) is 8.62. The molecule has 2 rings (SSSR count). The standard InChI is InChI=1S/C11H14N4O2S2/c1-14-9-8(10(18)15(2)11(14)19)12-6(13-9)4-3-5-7(16)17/h3-5H2,1-2H3,(H,12,13)(H,16,17). The van der Waals surface area contributed by atoms with E-state index in [9.17, 15) is 4.79 Å². The normalized spacial score (nSPS) is 11.1. The summed E-state index contributed by atoms with van der Waals surface area (Å²) in [6.07, 6.45) is 1.24. The Morgan fingerprint density at radius 3 is 2.68 bits per heavy atom. The highest BCUT2D eigenvalue weighted by Gasteiger charge is 2.10. The molecular weight excluding hydrogens is 284 g/mol. The molecule has 0 aromatic carbocycles. The Morgan fingerprint density at radius 2 is 2.05 bits per heavy atom. The number of hydrogen-bond donors (Lipinski definition) is 2. The quantitative estimate of drug-likeness (QED) is 0.846. The molecule has 0 bridgehead atoms. The van der Waals surface area contributed by atoms with Crippen molar-refractivity contribution >= 4 is 41.6 Å². The molecule has 2 heterocycles. The SMILES string of the molecule is Cn1c(=S)c2[nH]c(CCCC(=O)O)nc2n(C)c1=S. The van der Waals surface area contributed by atoms with Gasteiger partial charge in [0.25, 0.3) is 0 Å². The van der Waals surface area contributed by atoms with Crippen molar-refractivity contribution in [1.82, 2.24) is 19.1 Å². The van der Waals surface area contributed by atoms with Gasteiger partial charge in [0.05, 0.1) is 0 Å². The lowest BCUT2D eigenvalue weighted by Crippen LogP contribution is -2.05. The van der Waals surface area contributed by atoms with E-state index in [2.05, 4.69) is 9.97 Å². The number of aliphatic carboxylic acids is 1. The molecule has 0 aliphatic heterocycles. The third-order valence-corrected chi connectivity index (χ3v) is 3.97. The van der Waals surface area contributed by atoms with Crippen LogP contribution < -0.4 is 0 Å². The summed E-state index contributed by atoms with van der Waals surface area (Å²) in [7, 11) is 3.65. The number of rotatable bonds is 4. The van der Waals surface area contributed by atoms with Crippen molar-refractivity contribution in [1.29, 1.82) is 0 Å². The molecule has 0 saturated carbocycles. The fourth-order valence-electron chi connectivity index (χ4n) is 1.90. The zero-order valence-corrected chi connectivity index (χ0v) is 12.3. The first-order chi connectivity index (χ1) is 8.91. The van der Waals surface area contributed by atoms with Crippen LogP contribution in [0.4, 0.5) is 0 Å². The fraction of sp³-hybridized carbons (Fsp3) is 0.455. The van der Waals surface area contributed by atoms with Crippen LogP contribution in [-0.4, -0.2) is 30.2 Å². The summed E-state index contributed by atoms with van der Waals surface area (Å²) in [5.41, 5.74) is 1.47. The predicted octanol–water partition coefficient (Wildman–Crippen LogP) is 2.11. The minimum absolute atomic E-state index is 0.129. The van der Waals surface area contributed by atoms with Gasteiger partial charge < -0.3 is 19.2 Å². The fourth-order valence-corrected chi connectivity index (χ4v) is 2.36. The molecule has 2 N–H and O–H groups in total. The van der Waals surface area contributed by atoms with Crippen LogP contribution in [0.3, 0.4) is 0 Å². The van der Waals surface area contributed by atoms with Gasteiger partial charge in [-0.2, -0.15) is 0 Å². The van der Waals surface area contributed by atoms with Crippen LogP contribution in [0.5, 0.6) is 0 Å². The number of fused-ring (bicyclic) bond motifs is 1. The van der Waals surface area contributed by atoms with Crippen LogP contribution >= 0.6 is 24.4 Å². The molecule has 102 valence electrons. The van der Waals surface area contributed by atoms with E-state index in [1.807, 2.05) is 14.1 Å². The Bertz CT molecular complexity index is 756. The Balaban J connectivity index is 2.44. The Hall–Kier alpha value is -1.54. The number of nitrogens with zero attached hydrogens (tertiary/aromatic N) is 3. The smallest absolute Gasteiger partial charge is 0.303 e. The number of imidazole rings is 1. The van der Waals surface area contributed by atoms with E-state index in [-0.39, 0.29) is 6.42 Å². The van der Waals surface area contributed by atoms with Crippen LogP contribution in [0.15, 0.2) is 0 Å². The van der Waals surface area contributed by atoms with Gasteiger partial charge in [-0.25, -0.2) is 4.98 Å². The third kappa shape index (κ3) is 2.59. The molecule has 0 atom stereocenters. The van der Waals surface area contributed by atoms with Crippen LogP contribution in [0, 0.1) is 9.41 Å².